The molecule has 0 amide bonds. The molecule has 0 bridgehead atoms. The standard InChI is InChI=1S/C20H36N4O.HI/c1-5-21-20(22-13-8-9-14-25-7-3)23-16-18-11-10-12-19(15-18)17-24(4)6-2;/h10-12,15H,5-9,13-14,16-17H2,1-4H3,(H2,21,22,23);1H. The van der Waals surface area contributed by atoms with Crippen LogP contribution in [0, 0.1) is 0 Å². The third-order valence-corrected chi connectivity index (χ3v) is 3.96. The number of hydrogen-bond donors (Lipinski definition) is 2. The topological polar surface area (TPSA) is 48.9 Å². The van der Waals surface area contributed by atoms with Gasteiger partial charge in [0, 0.05) is 32.8 Å². The highest BCUT2D eigenvalue weighted by Gasteiger charge is 2.01. The van der Waals surface area contributed by atoms with E-state index in [1.54, 1.807) is 0 Å². The van der Waals surface area contributed by atoms with E-state index in [4.69, 9.17) is 9.73 Å². The van der Waals surface area contributed by atoms with Crippen molar-refractivity contribution in [1.82, 2.24) is 15.5 Å². The van der Waals surface area contributed by atoms with Gasteiger partial charge in [-0.25, -0.2) is 4.99 Å². The summed E-state index contributed by atoms with van der Waals surface area (Å²) in [5.74, 6) is 0.884. The first-order chi connectivity index (χ1) is 12.2. The first-order valence-electron chi connectivity index (χ1n) is 9.55. The Kier molecular flexibility index (Phi) is 15.8. The predicted octanol–water partition coefficient (Wildman–Crippen LogP) is 3.63. The first-order valence-corrected chi connectivity index (χ1v) is 9.55. The number of rotatable bonds is 12. The average Bonchev–Trinajstić information content (AvgIpc) is 2.62. The van der Waals surface area contributed by atoms with Gasteiger partial charge in [-0.15, -0.1) is 24.0 Å². The van der Waals surface area contributed by atoms with E-state index in [0.29, 0.717) is 6.54 Å². The van der Waals surface area contributed by atoms with Gasteiger partial charge in [-0.05, 0) is 51.4 Å². The van der Waals surface area contributed by atoms with Gasteiger partial charge in [0.1, 0.15) is 0 Å². The molecule has 0 aliphatic rings. The maximum absolute atomic E-state index is 5.36. The molecule has 0 saturated heterocycles. The molecule has 0 atom stereocenters. The van der Waals surface area contributed by atoms with Gasteiger partial charge in [-0.3, -0.25) is 0 Å². The quantitative estimate of drug-likeness (QED) is 0.209. The van der Waals surface area contributed by atoms with Crippen molar-refractivity contribution < 1.29 is 4.74 Å². The summed E-state index contributed by atoms with van der Waals surface area (Å²) in [6.45, 7) is 12.4. The fourth-order valence-electron chi connectivity index (χ4n) is 2.44. The number of unbranched alkanes of at least 4 members (excludes halogenated alkanes) is 1. The van der Waals surface area contributed by atoms with Crippen LogP contribution in [-0.2, 0) is 17.8 Å². The van der Waals surface area contributed by atoms with Crippen molar-refractivity contribution in [3.05, 3.63) is 35.4 Å². The molecule has 2 N–H and O–H groups in total. The van der Waals surface area contributed by atoms with Crippen molar-refractivity contribution in [3.63, 3.8) is 0 Å². The second kappa shape index (κ2) is 16.3. The SMILES string of the molecule is CCNC(=NCc1cccc(CN(C)CC)c1)NCCCCOCC.I. The highest BCUT2D eigenvalue weighted by atomic mass is 127. The minimum atomic E-state index is 0. The van der Waals surface area contributed by atoms with E-state index >= 15 is 0 Å². The van der Waals surface area contributed by atoms with Crippen molar-refractivity contribution in [1.29, 1.82) is 0 Å². The van der Waals surface area contributed by atoms with Crippen molar-refractivity contribution in [2.24, 2.45) is 4.99 Å². The first kappa shape index (κ1) is 25.1. The molecule has 1 rings (SSSR count). The molecule has 0 fully saturated rings. The summed E-state index contributed by atoms with van der Waals surface area (Å²) in [6.07, 6.45) is 2.16. The van der Waals surface area contributed by atoms with E-state index in [-0.39, 0.29) is 24.0 Å². The molecule has 0 aliphatic carbocycles. The van der Waals surface area contributed by atoms with Crippen LogP contribution in [0.2, 0.25) is 0 Å². The fraction of sp³-hybridized carbons (Fsp3) is 0.650. The van der Waals surface area contributed by atoms with Gasteiger partial charge in [-0.1, -0.05) is 31.2 Å². The van der Waals surface area contributed by atoms with Gasteiger partial charge in [0.05, 0.1) is 6.54 Å². The average molecular weight is 476 g/mol. The Morgan fingerprint density at radius 3 is 2.58 bits per heavy atom. The largest absolute Gasteiger partial charge is 0.382 e. The Balaban J connectivity index is 0.00000625. The van der Waals surface area contributed by atoms with Crippen LogP contribution >= 0.6 is 24.0 Å². The number of benzene rings is 1. The van der Waals surface area contributed by atoms with E-state index in [1.165, 1.54) is 11.1 Å². The lowest BCUT2D eigenvalue weighted by atomic mass is 10.1. The van der Waals surface area contributed by atoms with E-state index in [0.717, 1.165) is 58.2 Å². The number of hydrogen-bond acceptors (Lipinski definition) is 3. The summed E-state index contributed by atoms with van der Waals surface area (Å²) in [4.78, 5) is 7.01. The normalized spacial score (nSPS) is 11.3. The van der Waals surface area contributed by atoms with Crippen LogP contribution in [0.15, 0.2) is 29.3 Å². The van der Waals surface area contributed by atoms with Gasteiger partial charge >= 0.3 is 0 Å². The molecule has 0 spiro atoms. The van der Waals surface area contributed by atoms with Crippen molar-refractivity contribution in [2.75, 3.05) is 39.9 Å². The lowest BCUT2D eigenvalue weighted by Crippen LogP contribution is -2.37. The Morgan fingerprint density at radius 1 is 1.12 bits per heavy atom. The maximum atomic E-state index is 5.36. The molecule has 0 heterocycles. The number of ether oxygens (including phenoxy) is 1. The molecular formula is C20H37IN4O. The van der Waals surface area contributed by atoms with Crippen LogP contribution in [-0.4, -0.2) is 50.8 Å². The van der Waals surface area contributed by atoms with E-state index in [2.05, 4.69) is 60.7 Å². The minimum Gasteiger partial charge on any atom is -0.382 e. The van der Waals surface area contributed by atoms with Crippen LogP contribution in [0.4, 0.5) is 0 Å². The molecule has 1 aromatic rings. The molecule has 0 aliphatic heterocycles. The lowest BCUT2D eigenvalue weighted by Gasteiger charge is -2.14. The van der Waals surface area contributed by atoms with Gasteiger partial charge in [0.25, 0.3) is 0 Å². The summed E-state index contributed by atoms with van der Waals surface area (Å²) in [5, 5.41) is 6.71. The number of guanidine groups is 1. The zero-order valence-electron chi connectivity index (χ0n) is 16.9. The molecule has 6 heteroatoms. The van der Waals surface area contributed by atoms with E-state index in [1.807, 2.05) is 6.92 Å². The molecular weight excluding hydrogens is 439 g/mol. The maximum Gasteiger partial charge on any atom is 0.191 e. The smallest absolute Gasteiger partial charge is 0.191 e. The highest BCUT2D eigenvalue weighted by molar-refractivity contribution is 14.0. The Hall–Kier alpha value is -0.860. The van der Waals surface area contributed by atoms with Crippen molar-refractivity contribution >= 4 is 29.9 Å². The summed E-state index contributed by atoms with van der Waals surface area (Å²) >= 11 is 0. The predicted molar refractivity (Wildman–Crippen MR) is 122 cm³/mol. The summed E-state index contributed by atoms with van der Waals surface area (Å²) < 4.78 is 5.36. The second-order valence-electron chi connectivity index (χ2n) is 6.18. The zero-order valence-corrected chi connectivity index (χ0v) is 19.2. The molecule has 0 unspecified atom stereocenters. The summed E-state index contributed by atoms with van der Waals surface area (Å²) in [5.41, 5.74) is 2.58. The molecule has 0 radical (unpaired) electrons. The number of nitrogens with one attached hydrogen (secondary N) is 2. The molecule has 0 saturated carbocycles. The minimum absolute atomic E-state index is 0. The Labute approximate surface area is 177 Å². The lowest BCUT2D eigenvalue weighted by molar-refractivity contribution is 0.143. The van der Waals surface area contributed by atoms with Crippen LogP contribution in [0.1, 0.15) is 44.7 Å². The van der Waals surface area contributed by atoms with Crippen molar-refractivity contribution in [3.8, 4) is 0 Å². The van der Waals surface area contributed by atoms with Gasteiger partial charge in [0.2, 0.25) is 0 Å². The number of nitrogens with zero attached hydrogens (tertiary/aromatic N) is 2. The van der Waals surface area contributed by atoms with Crippen molar-refractivity contribution in [2.45, 2.75) is 46.7 Å². The highest BCUT2D eigenvalue weighted by Crippen LogP contribution is 2.08. The fourth-order valence-corrected chi connectivity index (χ4v) is 2.44. The summed E-state index contributed by atoms with van der Waals surface area (Å²) in [6, 6.07) is 8.70. The van der Waals surface area contributed by atoms with Crippen LogP contribution in [0.25, 0.3) is 0 Å². The number of halogens is 1. The van der Waals surface area contributed by atoms with E-state index in [9.17, 15) is 0 Å². The molecule has 1 aromatic carbocycles. The third-order valence-electron chi connectivity index (χ3n) is 3.96. The monoisotopic (exact) mass is 476 g/mol. The zero-order chi connectivity index (χ0) is 18.3. The van der Waals surface area contributed by atoms with Gasteiger partial charge < -0.3 is 20.3 Å². The Morgan fingerprint density at radius 2 is 1.88 bits per heavy atom. The second-order valence-corrected chi connectivity index (χ2v) is 6.18. The van der Waals surface area contributed by atoms with Crippen LogP contribution < -0.4 is 10.6 Å². The third kappa shape index (κ3) is 11.7. The van der Waals surface area contributed by atoms with Gasteiger partial charge in [-0.2, -0.15) is 0 Å². The Bertz CT molecular complexity index is 496. The summed E-state index contributed by atoms with van der Waals surface area (Å²) in [7, 11) is 2.14. The molecule has 26 heavy (non-hydrogen) atoms. The molecule has 5 nitrogen and oxygen atoms in total. The van der Waals surface area contributed by atoms with Crippen LogP contribution in [0.3, 0.4) is 0 Å². The number of aliphatic imine (C=N–C) groups is 1. The van der Waals surface area contributed by atoms with Crippen LogP contribution in [0.5, 0.6) is 0 Å². The molecule has 150 valence electrons. The van der Waals surface area contributed by atoms with E-state index < -0.39 is 0 Å². The molecule has 0 aromatic heterocycles. The van der Waals surface area contributed by atoms with Gasteiger partial charge in [0.15, 0.2) is 5.96 Å².